The first kappa shape index (κ1) is 22.1. The molecule has 1 aliphatic heterocycles. The van der Waals surface area contributed by atoms with Crippen molar-refractivity contribution >= 4 is 0 Å². The summed E-state index contributed by atoms with van der Waals surface area (Å²) in [5, 5.41) is 10.2. The largest absolute Gasteiger partial charge is 0.504 e. The van der Waals surface area contributed by atoms with E-state index in [9.17, 15) is 5.11 Å². The number of aromatic hydroxyl groups is 1. The van der Waals surface area contributed by atoms with Gasteiger partial charge in [0.15, 0.2) is 11.5 Å². The van der Waals surface area contributed by atoms with Crippen molar-refractivity contribution < 1.29 is 14.6 Å². The number of likely N-dealkylation sites (tertiary alicyclic amines) is 1. The van der Waals surface area contributed by atoms with Crippen LogP contribution in [0.4, 0.5) is 0 Å². The maximum absolute atomic E-state index is 10.2. The van der Waals surface area contributed by atoms with Crippen molar-refractivity contribution in [1.29, 1.82) is 0 Å². The zero-order valence-electron chi connectivity index (χ0n) is 18.9. The molecule has 31 heavy (non-hydrogen) atoms. The van der Waals surface area contributed by atoms with Crippen LogP contribution in [0, 0.1) is 5.92 Å². The minimum atomic E-state index is 0.205. The van der Waals surface area contributed by atoms with Crippen molar-refractivity contribution in [2.75, 3.05) is 47.0 Å². The molecule has 0 radical (unpaired) electrons. The van der Waals surface area contributed by atoms with E-state index in [4.69, 9.17) is 9.47 Å². The van der Waals surface area contributed by atoms with Gasteiger partial charge in [0.1, 0.15) is 0 Å². The number of benzene rings is 2. The van der Waals surface area contributed by atoms with E-state index < -0.39 is 0 Å². The van der Waals surface area contributed by atoms with Crippen molar-refractivity contribution in [2.24, 2.45) is 5.92 Å². The molecular weight excluding hydrogens is 388 g/mol. The third-order valence-electron chi connectivity index (χ3n) is 6.87. The van der Waals surface area contributed by atoms with E-state index in [-0.39, 0.29) is 5.75 Å². The molecule has 1 N–H and O–H groups in total. The second kappa shape index (κ2) is 10.5. The van der Waals surface area contributed by atoms with Crippen molar-refractivity contribution in [2.45, 2.75) is 38.3 Å². The van der Waals surface area contributed by atoms with Crippen LogP contribution < -0.4 is 4.74 Å². The smallest absolute Gasteiger partial charge is 0.160 e. The van der Waals surface area contributed by atoms with Gasteiger partial charge in [-0.3, -0.25) is 9.80 Å². The summed E-state index contributed by atoms with van der Waals surface area (Å²) in [6, 6.07) is 15.3. The molecule has 1 saturated heterocycles. The number of phenolic OH excluding ortho intramolecular Hbond substituents is 1. The van der Waals surface area contributed by atoms with Crippen molar-refractivity contribution in [3.8, 4) is 11.5 Å². The molecule has 5 nitrogen and oxygen atoms in total. The van der Waals surface area contributed by atoms with E-state index in [1.807, 2.05) is 18.2 Å². The van der Waals surface area contributed by atoms with E-state index in [0.717, 1.165) is 31.8 Å². The van der Waals surface area contributed by atoms with Crippen LogP contribution in [0.5, 0.6) is 11.5 Å². The molecule has 2 aromatic rings. The van der Waals surface area contributed by atoms with Crippen LogP contribution in [-0.2, 0) is 24.1 Å². The Morgan fingerprint density at radius 3 is 2.55 bits per heavy atom. The van der Waals surface area contributed by atoms with Gasteiger partial charge in [-0.1, -0.05) is 30.3 Å². The fourth-order valence-corrected chi connectivity index (χ4v) is 5.28. The normalized spacial score (nSPS) is 19.6. The Bertz CT molecular complexity index is 831. The summed E-state index contributed by atoms with van der Waals surface area (Å²) < 4.78 is 10.6. The predicted octanol–water partition coefficient (Wildman–Crippen LogP) is 3.73. The summed E-state index contributed by atoms with van der Waals surface area (Å²) in [5.74, 6) is 1.39. The first-order chi connectivity index (χ1) is 15.2. The fraction of sp³-hybridized carbons (Fsp3) is 0.538. The lowest BCUT2D eigenvalue weighted by atomic mass is 9.95. The second-order valence-corrected chi connectivity index (χ2v) is 9.07. The summed E-state index contributed by atoms with van der Waals surface area (Å²) >= 11 is 0. The summed E-state index contributed by atoms with van der Waals surface area (Å²) in [6.07, 6.45) is 4.95. The average molecular weight is 425 g/mol. The van der Waals surface area contributed by atoms with Crippen LogP contribution in [0.2, 0.25) is 0 Å². The number of rotatable bonds is 9. The van der Waals surface area contributed by atoms with Crippen molar-refractivity contribution in [3.63, 3.8) is 0 Å². The van der Waals surface area contributed by atoms with E-state index in [2.05, 4.69) is 34.1 Å². The summed E-state index contributed by atoms with van der Waals surface area (Å²) in [7, 11) is 3.34. The van der Waals surface area contributed by atoms with E-state index >= 15 is 0 Å². The number of phenols is 1. The van der Waals surface area contributed by atoms with E-state index in [0.29, 0.717) is 17.7 Å². The highest BCUT2D eigenvalue weighted by Gasteiger charge is 2.31. The monoisotopic (exact) mass is 424 g/mol. The zero-order chi connectivity index (χ0) is 21.6. The molecule has 2 aromatic carbocycles. The van der Waals surface area contributed by atoms with Gasteiger partial charge in [0, 0.05) is 39.3 Å². The quantitative estimate of drug-likeness (QED) is 0.665. The van der Waals surface area contributed by atoms with Gasteiger partial charge in [-0.2, -0.15) is 0 Å². The molecule has 1 atom stereocenters. The molecule has 2 aliphatic rings. The average Bonchev–Trinajstić information content (AvgIpc) is 3.22. The Kier molecular flexibility index (Phi) is 7.49. The highest BCUT2D eigenvalue weighted by atomic mass is 16.5. The van der Waals surface area contributed by atoms with Crippen molar-refractivity contribution in [1.82, 2.24) is 9.80 Å². The first-order valence-electron chi connectivity index (χ1n) is 11.5. The zero-order valence-corrected chi connectivity index (χ0v) is 18.9. The molecule has 168 valence electrons. The Labute approximate surface area is 186 Å². The molecule has 1 heterocycles. The Morgan fingerprint density at radius 1 is 1.10 bits per heavy atom. The summed E-state index contributed by atoms with van der Waals surface area (Å²) in [4.78, 5) is 5.21. The molecule has 0 spiro atoms. The first-order valence-corrected chi connectivity index (χ1v) is 11.5. The molecule has 4 rings (SSSR count). The van der Waals surface area contributed by atoms with Gasteiger partial charge < -0.3 is 14.6 Å². The number of nitrogens with zero attached hydrogens (tertiary/aromatic N) is 2. The Morgan fingerprint density at radius 2 is 1.87 bits per heavy atom. The van der Waals surface area contributed by atoms with Crippen LogP contribution >= 0.6 is 0 Å². The minimum Gasteiger partial charge on any atom is -0.504 e. The fourth-order valence-electron chi connectivity index (χ4n) is 5.28. The Hall–Kier alpha value is -2.08. The molecule has 0 amide bonds. The molecule has 0 saturated carbocycles. The van der Waals surface area contributed by atoms with Gasteiger partial charge in [0.2, 0.25) is 0 Å². The van der Waals surface area contributed by atoms with Gasteiger partial charge >= 0.3 is 0 Å². The summed E-state index contributed by atoms with van der Waals surface area (Å²) in [5.41, 5.74) is 4.18. The van der Waals surface area contributed by atoms with Gasteiger partial charge in [-0.15, -0.1) is 0 Å². The third-order valence-corrected chi connectivity index (χ3v) is 6.87. The van der Waals surface area contributed by atoms with E-state index in [1.54, 1.807) is 14.2 Å². The number of fused-ring (bicyclic) bond motifs is 1. The maximum atomic E-state index is 10.2. The van der Waals surface area contributed by atoms with Crippen LogP contribution in [0.1, 0.15) is 29.5 Å². The second-order valence-electron chi connectivity index (χ2n) is 9.07. The number of piperidine rings is 1. The highest BCUT2D eigenvalue weighted by Crippen LogP contribution is 2.30. The van der Waals surface area contributed by atoms with E-state index in [1.165, 1.54) is 49.9 Å². The highest BCUT2D eigenvalue weighted by molar-refractivity contribution is 5.41. The lowest BCUT2D eigenvalue weighted by Crippen LogP contribution is -2.46. The lowest BCUT2D eigenvalue weighted by Gasteiger charge is -2.38. The molecule has 1 unspecified atom stereocenters. The molecule has 5 heteroatoms. The van der Waals surface area contributed by atoms with Crippen LogP contribution in [0.3, 0.4) is 0 Å². The van der Waals surface area contributed by atoms with Crippen LogP contribution in [0.15, 0.2) is 42.5 Å². The Balaban J connectivity index is 1.37. The van der Waals surface area contributed by atoms with Crippen LogP contribution in [-0.4, -0.2) is 68.0 Å². The topological polar surface area (TPSA) is 45.2 Å². The maximum Gasteiger partial charge on any atom is 0.160 e. The van der Waals surface area contributed by atoms with Crippen LogP contribution in [0.25, 0.3) is 0 Å². The SMILES string of the molecule is COCCN(Cc1ccc(OC)c(O)c1)CC1CCCN(C2Cc3ccccc3C2)C1. The van der Waals surface area contributed by atoms with Crippen molar-refractivity contribution in [3.05, 3.63) is 59.2 Å². The number of hydrogen-bond acceptors (Lipinski definition) is 5. The third kappa shape index (κ3) is 5.59. The number of hydrogen-bond donors (Lipinski definition) is 1. The van der Waals surface area contributed by atoms with Gasteiger partial charge in [-0.05, 0) is 67.0 Å². The molecule has 0 bridgehead atoms. The lowest BCUT2D eigenvalue weighted by molar-refractivity contribution is 0.0843. The molecule has 1 aliphatic carbocycles. The summed E-state index contributed by atoms with van der Waals surface area (Å²) in [6.45, 7) is 5.89. The van der Waals surface area contributed by atoms with Gasteiger partial charge in [0.05, 0.1) is 13.7 Å². The number of ether oxygens (including phenoxy) is 2. The predicted molar refractivity (Wildman–Crippen MR) is 124 cm³/mol. The van der Waals surface area contributed by atoms with Gasteiger partial charge in [-0.25, -0.2) is 0 Å². The number of methoxy groups -OCH3 is 2. The molecule has 1 fully saturated rings. The standard InChI is InChI=1S/C26H36N2O3/c1-30-13-12-27(17-20-9-10-26(31-2)25(29)14-20)18-21-6-5-11-28(19-21)24-15-22-7-3-4-8-23(22)16-24/h3-4,7-10,14,21,24,29H,5-6,11-13,15-19H2,1-2H3. The molecular formula is C26H36N2O3. The van der Waals surface area contributed by atoms with Gasteiger partial charge in [0.25, 0.3) is 0 Å². The minimum absolute atomic E-state index is 0.205. The molecule has 0 aromatic heterocycles.